The number of aliphatic hydroxyl groups excluding tert-OH is 1. The maximum absolute atomic E-state index is 13.2. The van der Waals surface area contributed by atoms with Gasteiger partial charge >= 0.3 is 5.69 Å². The maximum atomic E-state index is 13.2. The van der Waals surface area contributed by atoms with Gasteiger partial charge in [0.25, 0.3) is 5.91 Å². The summed E-state index contributed by atoms with van der Waals surface area (Å²) in [5, 5.41) is 26.4. The Balaban J connectivity index is 2.04. The second-order valence-electron chi connectivity index (χ2n) is 4.21. The first kappa shape index (κ1) is 15.1. The number of carbonyl (C=O) groups excluding carboxylic acids is 1. The second-order valence-corrected chi connectivity index (χ2v) is 4.99. The van der Waals surface area contributed by atoms with Crippen LogP contribution in [0.4, 0.5) is 10.1 Å². The van der Waals surface area contributed by atoms with Crippen molar-refractivity contribution in [3.63, 3.8) is 0 Å². The highest BCUT2D eigenvalue weighted by Gasteiger charge is 2.18. The fourth-order valence-electron chi connectivity index (χ4n) is 1.67. The Morgan fingerprint density at radius 1 is 1.48 bits per heavy atom. The molecule has 110 valence electrons. The zero-order valence-electron chi connectivity index (χ0n) is 10.7. The smallest absolute Gasteiger partial charge is 0.305 e. The van der Waals surface area contributed by atoms with Gasteiger partial charge in [0, 0.05) is 18.2 Å². The third kappa shape index (κ3) is 3.61. The first-order valence-electron chi connectivity index (χ1n) is 5.91. The normalized spacial score (nSPS) is 11.9. The number of aliphatic hydroxyl groups is 1. The molecule has 1 aromatic heterocycles. The predicted molar refractivity (Wildman–Crippen MR) is 74.7 cm³/mol. The summed E-state index contributed by atoms with van der Waals surface area (Å²) < 4.78 is 13.2. The van der Waals surface area contributed by atoms with E-state index in [2.05, 4.69) is 5.32 Å². The van der Waals surface area contributed by atoms with E-state index in [1.807, 2.05) is 0 Å². The number of hydrogen-bond donors (Lipinski definition) is 2. The van der Waals surface area contributed by atoms with Crippen molar-refractivity contribution in [1.82, 2.24) is 5.32 Å². The van der Waals surface area contributed by atoms with Gasteiger partial charge in [-0.15, -0.1) is 0 Å². The topological polar surface area (TPSA) is 92.5 Å². The lowest BCUT2D eigenvalue weighted by Gasteiger charge is -2.10. The average molecular weight is 310 g/mol. The van der Waals surface area contributed by atoms with E-state index in [-0.39, 0.29) is 12.1 Å². The number of rotatable bonds is 5. The van der Waals surface area contributed by atoms with E-state index >= 15 is 0 Å². The van der Waals surface area contributed by atoms with Crippen LogP contribution in [0.5, 0.6) is 0 Å². The van der Waals surface area contributed by atoms with Crippen LogP contribution in [0.3, 0.4) is 0 Å². The fraction of sp³-hybridized carbons (Fsp3) is 0.154. The molecule has 1 atom stereocenters. The summed E-state index contributed by atoms with van der Waals surface area (Å²) in [7, 11) is 0. The monoisotopic (exact) mass is 310 g/mol. The summed E-state index contributed by atoms with van der Waals surface area (Å²) in [5.74, 6) is -1.62. The van der Waals surface area contributed by atoms with E-state index in [1.165, 1.54) is 11.3 Å². The molecule has 8 heteroatoms. The van der Waals surface area contributed by atoms with Crippen LogP contribution in [0, 0.1) is 15.9 Å². The number of hydrogen-bond acceptors (Lipinski definition) is 5. The first-order valence-corrected chi connectivity index (χ1v) is 6.85. The van der Waals surface area contributed by atoms with Crippen molar-refractivity contribution in [2.24, 2.45) is 0 Å². The number of nitrogens with zero attached hydrogens (tertiary/aromatic N) is 1. The lowest BCUT2D eigenvalue weighted by atomic mass is 10.1. The molecule has 1 amide bonds. The van der Waals surface area contributed by atoms with Crippen LogP contribution in [0.25, 0.3) is 0 Å². The molecule has 0 saturated carbocycles. The van der Waals surface area contributed by atoms with Crippen molar-refractivity contribution < 1.29 is 19.2 Å². The number of nitrogens with one attached hydrogen (secondary N) is 1. The summed E-state index contributed by atoms with van der Waals surface area (Å²) in [6.07, 6.45) is -0.865. The molecule has 2 N–H and O–H groups in total. The van der Waals surface area contributed by atoms with Crippen LogP contribution in [0.1, 0.15) is 22.0 Å². The third-order valence-electron chi connectivity index (χ3n) is 2.79. The molecule has 0 saturated heterocycles. The Bertz CT molecular complexity index is 660. The molecule has 0 aliphatic rings. The van der Waals surface area contributed by atoms with Gasteiger partial charge in [0.15, 0.2) is 0 Å². The molecule has 6 nitrogen and oxygen atoms in total. The third-order valence-corrected chi connectivity index (χ3v) is 3.49. The molecule has 1 heterocycles. The summed E-state index contributed by atoms with van der Waals surface area (Å²) in [6, 6.07) is 4.60. The van der Waals surface area contributed by atoms with Gasteiger partial charge in [-0.3, -0.25) is 14.9 Å². The van der Waals surface area contributed by atoms with Gasteiger partial charge in [-0.25, -0.2) is 0 Å². The van der Waals surface area contributed by atoms with Crippen LogP contribution in [0.2, 0.25) is 0 Å². The van der Waals surface area contributed by atoms with Gasteiger partial charge in [-0.1, -0.05) is 0 Å². The molecule has 2 aromatic rings. The van der Waals surface area contributed by atoms with Crippen molar-refractivity contribution in [1.29, 1.82) is 0 Å². The maximum Gasteiger partial charge on any atom is 0.305 e. The van der Waals surface area contributed by atoms with Crippen molar-refractivity contribution in [2.45, 2.75) is 6.10 Å². The van der Waals surface area contributed by atoms with Crippen molar-refractivity contribution >= 4 is 22.9 Å². The lowest BCUT2D eigenvalue weighted by Crippen LogP contribution is -2.28. The Kier molecular flexibility index (Phi) is 4.61. The molecule has 0 spiro atoms. The van der Waals surface area contributed by atoms with Gasteiger partial charge in [0.1, 0.15) is 0 Å². The van der Waals surface area contributed by atoms with Crippen molar-refractivity contribution in [3.05, 3.63) is 62.1 Å². The van der Waals surface area contributed by atoms with E-state index in [1.54, 1.807) is 16.8 Å². The molecule has 0 aliphatic heterocycles. The highest BCUT2D eigenvalue weighted by atomic mass is 32.1. The van der Waals surface area contributed by atoms with Crippen LogP contribution in [-0.4, -0.2) is 22.5 Å². The van der Waals surface area contributed by atoms with Crippen molar-refractivity contribution in [2.75, 3.05) is 6.54 Å². The molecule has 1 aromatic carbocycles. The van der Waals surface area contributed by atoms with E-state index < -0.39 is 28.4 Å². The SMILES string of the molecule is O=C(NCC(O)c1ccsc1)c1ccc(F)c([N+](=O)[O-])c1. The second kappa shape index (κ2) is 6.42. The Morgan fingerprint density at radius 2 is 2.24 bits per heavy atom. The van der Waals surface area contributed by atoms with Crippen LogP contribution in [-0.2, 0) is 0 Å². The summed E-state index contributed by atoms with van der Waals surface area (Å²) in [5.41, 5.74) is -0.132. The van der Waals surface area contributed by atoms with E-state index in [4.69, 9.17) is 0 Å². The van der Waals surface area contributed by atoms with E-state index in [9.17, 15) is 24.4 Å². The lowest BCUT2D eigenvalue weighted by molar-refractivity contribution is -0.387. The van der Waals surface area contributed by atoms with E-state index in [0.717, 1.165) is 18.2 Å². The largest absolute Gasteiger partial charge is 0.387 e. The average Bonchev–Trinajstić information content (AvgIpc) is 2.98. The van der Waals surface area contributed by atoms with E-state index in [0.29, 0.717) is 5.56 Å². The van der Waals surface area contributed by atoms with Gasteiger partial charge in [-0.2, -0.15) is 15.7 Å². The molecule has 1 unspecified atom stereocenters. The molecule has 2 rings (SSSR count). The predicted octanol–water partition coefficient (Wildman–Crippen LogP) is 2.26. The minimum absolute atomic E-state index is 0.0409. The first-order chi connectivity index (χ1) is 9.99. The standard InChI is InChI=1S/C13H11FN2O4S/c14-10-2-1-8(5-11(10)16(19)20)13(18)15-6-12(17)9-3-4-21-7-9/h1-5,7,12,17H,6H2,(H,15,18). The highest BCUT2D eigenvalue weighted by molar-refractivity contribution is 7.07. The van der Waals surface area contributed by atoms with Crippen LogP contribution >= 0.6 is 11.3 Å². The molecule has 0 aliphatic carbocycles. The fourth-order valence-corrected chi connectivity index (χ4v) is 2.37. The number of halogens is 1. The van der Waals surface area contributed by atoms with Gasteiger partial charge in [-0.05, 0) is 34.5 Å². The van der Waals surface area contributed by atoms with Gasteiger partial charge in [0.05, 0.1) is 11.0 Å². The minimum atomic E-state index is -1.00. The summed E-state index contributed by atoms with van der Waals surface area (Å²) in [4.78, 5) is 21.6. The quantitative estimate of drug-likeness (QED) is 0.654. The molecule has 0 fully saturated rings. The molecule has 0 bridgehead atoms. The van der Waals surface area contributed by atoms with Crippen molar-refractivity contribution in [3.8, 4) is 0 Å². The Labute approximate surface area is 123 Å². The molecule has 0 radical (unpaired) electrons. The van der Waals surface area contributed by atoms with Crippen LogP contribution in [0.15, 0.2) is 35.0 Å². The number of nitro groups is 1. The van der Waals surface area contributed by atoms with Gasteiger partial charge < -0.3 is 10.4 Å². The zero-order valence-corrected chi connectivity index (χ0v) is 11.5. The molecular formula is C13H11FN2O4S. The number of carbonyl (C=O) groups is 1. The summed E-state index contributed by atoms with van der Waals surface area (Å²) >= 11 is 1.42. The number of thiophene rings is 1. The molecular weight excluding hydrogens is 299 g/mol. The Morgan fingerprint density at radius 3 is 2.86 bits per heavy atom. The Hall–Kier alpha value is -2.32. The minimum Gasteiger partial charge on any atom is -0.387 e. The number of benzene rings is 1. The number of amides is 1. The number of nitro benzene ring substituents is 1. The summed E-state index contributed by atoms with van der Waals surface area (Å²) in [6.45, 7) is -0.0409. The zero-order chi connectivity index (χ0) is 15.4. The molecule has 21 heavy (non-hydrogen) atoms. The highest BCUT2D eigenvalue weighted by Crippen LogP contribution is 2.19. The van der Waals surface area contributed by atoms with Gasteiger partial charge in [0.2, 0.25) is 5.82 Å². The van der Waals surface area contributed by atoms with Crippen LogP contribution < -0.4 is 5.32 Å².